The molecule has 0 radical (unpaired) electrons. The third-order valence-electron chi connectivity index (χ3n) is 4.15. The Labute approximate surface area is 141 Å². The molecule has 1 heterocycles. The van der Waals surface area contributed by atoms with Crippen LogP contribution in [0.4, 0.5) is 0 Å². The molecule has 0 aliphatic rings. The number of H-pyrrole nitrogens is 1. The summed E-state index contributed by atoms with van der Waals surface area (Å²) < 4.78 is 2.16. The van der Waals surface area contributed by atoms with E-state index in [1.54, 1.807) is 11.0 Å². The second kappa shape index (κ2) is 6.52. The highest BCUT2D eigenvalue weighted by molar-refractivity contribution is 7.71. The highest BCUT2D eigenvalue weighted by Gasteiger charge is 2.40. The molecule has 0 saturated carbocycles. The molecule has 120 valence electrons. The molecule has 0 aliphatic carbocycles. The Kier molecular flexibility index (Phi) is 5.10. The zero-order valence-corrected chi connectivity index (χ0v) is 14.7. The fraction of sp³-hybridized carbons (Fsp3) is 0.500. The molecule has 4 nitrogen and oxygen atoms in total. The molecule has 0 spiro atoms. The van der Waals surface area contributed by atoms with Gasteiger partial charge >= 0.3 is 0 Å². The van der Waals surface area contributed by atoms with Crippen molar-refractivity contribution in [2.24, 2.45) is 5.41 Å². The number of aliphatic hydroxyl groups is 1. The minimum absolute atomic E-state index is 0.300. The maximum atomic E-state index is 11.2. The monoisotopic (exact) mass is 339 g/mol. The fourth-order valence-corrected chi connectivity index (χ4v) is 2.77. The van der Waals surface area contributed by atoms with E-state index in [9.17, 15) is 5.11 Å². The first-order valence-corrected chi connectivity index (χ1v) is 8.07. The summed E-state index contributed by atoms with van der Waals surface area (Å²) in [5, 5.41) is 14.9. The third-order valence-corrected chi connectivity index (χ3v) is 4.71. The summed E-state index contributed by atoms with van der Waals surface area (Å²) >= 11 is 11.2. The van der Waals surface area contributed by atoms with Crippen molar-refractivity contribution < 1.29 is 5.11 Å². The standard InChI is InChI=1S/C16H22ClN3OS/c1-15(2,3)16(21,10-20-14(22)18-11-19-20)8-7-12-5-4-6-13(17)9-12/h4-6,9,11,21H,7-8,10H2,1-3H3,(H,18,19,22). The molecule has 1 aromatic carbocycles. The molecule has 0 bridgehead atoms. The Balaban J connectivity index is 2.19. The van der Waals surface area contributed by atoms with Crippen molar-refractivity contribution in [2.45, 2.75) is 45.8 Å². The van der Waals surface area contributed by atoms with Gasteiger partial charge in [-0.1, -0.05) is 44.5 Å². The lowest BCUT2D eigenvalue weighted by Gasteiger charge is -2.40. The molecule has 6 heteroatoms. The van der Waals surface area contributed by atoms with Crippen LogP contribution in [0.15, 0.2) is 30.6 Å². The molecule has 1 atom stereocenters. The SMILES string of the molecule is CC(C)(C)C(O)(CCc1cccc(Cl)c1)Cn1[nH]cnc1=S. The van der Waals surface area contributed by atoms with Crippen LogP contribution in [0.1, 0.15) is 32.8 Å². The van der Waals surface area contributed by atoms with E-state index < -0.39 is 5.60 Å². The summed E-state index contributed by atoms with van der Waals surface area (Å²) in [5.41, 5.74) is -0.102. The van der Waals surface area contributed by atoms with Gasteiger partial charge in [-0.3, -0.25) is 9.78 Å². The van der Waals surface area contributed by atoms with E-state index in [4.69, 9.17) is 23.8 Å². The molecule has 2 aromatic rings. The van der Waals surface area contributed by atoms with E-state index >= 15 is 0 Å². The average Bonchev–Trinajstić information content (AvgIpc) is 2.81. The number of nitrogens with zero attached hydrogens (tertiary/aromatic N) is 2. The highest BCUT2D eigenvalue weighted by atomic mass is 35.5. The lowest BCUT2D eigenvalue weighted by molar-refractivity contribution is -0.0798. The predicted octanol–water partition coefficient (Wildman–Crippen LogP) is 4.00. The first kappa shape index (κ1) is 17.2. The lowest BCUT2D eigenvalue weighted by Crippen LogP contribution is -2.47. The second-order valence-corrected chi connectivity index (χ2v) is 7.47. The number of aromatic amines is 1. The quantitative estimate of drug-likeness (QED) is 0.809. The van der Waals surface area contributed by atoms with Crippen LogP contribution in [-0.4, -0.2) is 25.5 Å². The highest BCUT2D eigenvalue weighted by Crippen LogP contribution is 2.35. The third kappa shape index (κ3) is 3.97. The smallest absolute Gasteiger partial charge is 0.215 e. The number of nitrogens with one attached hydrogen (secondary N) is 1. The van der Waals surface area contributed by atoms with E-state index in [2.05, 4.69) is 10.1 Å². The van der Waals surface area contributed by atoms with Crippen LogP contribution in [0.3, 0.4) is 0 Å². The molecular formula is C16H22ClN3OS. The van der Waals surface area contributed by atoms with Crippen molar-refractivity contribution in [3.63, 3.8) is 0 Å². The Morgan fingerprint density at radius 3 is 2.64 bits per heavy atom. The molecule has 2 N–H and O–H groups in total. The second-order valence-electron chi connectivity index (χ2n) is 6.67. The summed E-state index contributed by atoms with van der Waals surface area (Å²) in [4.78, 5) is 4.01. The number of hydrogen-bond acceptors (Lipinski definition) is 3. The Bertz CT molecular complexity index is 689. The van der Waals surface area contributed by atoms with Gasteiger partial charge in [-0.2, -0.15) is 0 Å². The normalized spacial score (nSPS) is 14.8. The molecule has 0 saturated heterocycles. The van der Waals surface area contributed by atoms with Gasteiger partial charge in [-0.15, -0.1) is 0 Å². The van der Waals surface area contributed by atoms with Crippen LogP contribution in [-0.2, 0) is 13.0 Å². The van der Waals surface area contributed by atoms with Gasteiger partial charge in [-0.05, 0) is 48.2 Å². The molecular weight excluding hydrogens is 318 g/mol. The first-order valence-electron chi connectivity index (χ1n) is 7.28. The van der Waals surface area contributed by atoms with Gasteiger partial charge < -0.3 is 5.11 Å². The number of hydrogen-bond donors (Lipinski definition) is 2. The van der Waals surface area contributed by atoms with E-state index in [1.807, 2.05) is 45.0 Å². The Morgan fingerprint density at radius 2 is 2.09 bits per heavy atom. The van der Waals surface area contributed by atoms with Gasteiger partial charge in [0.15, 0.2) is 0 Å². The molecule has 2 rings (SSSR count). The molecule has 22 heavy (non-hydrogen) atoms. The molecule has 1 aromatic heterocycles. The summed E-state index contributed by atoms with van der Waals surface area (Å²) in [6.45, 7) is 6.48. The van der Waals surface area contributed by atoms with Crippen molar-refractivity contribution in [3.05, 3.63) is 45.9 Å². The van der Waals surface area contributed by atoms with Crippen molar-refractivity contribution in [1.82, 2.24) is 14.8 Å². The molecule has 1 unspecified atom stereocenters. The van der Waals surface area contributed by atoms with Crippen LogP contribution in [0.5, 0.6) is 0 Å². The van der Waals surface area contributed by atoms with Gasteiger partial charge in [-0.25, -0.2) is 4.98 Å². The maximum Gasteiger partial charge on any atom is 0.215 e. The number of aromatic nitrogens is 3. The topological polar surface area (TPSA) is 53.8 Å². The number of benzene rings is 1. The number of aryl methyl sites for hydroxylation is 1. The zero-order chi connectivity index (χ0) is 16.4. The summed E-state index contributed by atoms with van der Waals surface area (Å²) in [6.07, 6.45) is 2.90. The predicted molar refractivity (Wildman–Crippen MR) is 91.6 cm³/mol. The summed E-state index contributed by atoms with van der Waals surface area (Å²) in [6, 6.07) is 7.74. The average molecular weight is 340 g/mol. The van der Waals surface area contributed by atoms with Crippen LogP contribution < -0.4 is 0 Å². The van der Waals surface area contributed by atoms with Crippen molar-refractivity contribution >= 4 is 23.8 Å². The van der Waals surface area contributed by atoms with Gasteiger partial charge in [0.1, 0.15) is 6.33 Å². The largest absolute Gasteiger partial charge is 0.387 e. The van der Waals surface area contributed by atoms with Crippen LogP contribution in [0.25, 0.3) is 0 Å². The lowest BCUT2D eigenvalue weighted by atomic mass is 9.73. The van der Waals surface area contributed by atoms with E-state index in [-0.39, 0.29) is 5.41 Å². The number of rotatable bonds is 5. The van der Waals surface area contributed by atoms with Crippen molar-refractivity contribution in [1.29, 1.82) is 0 Å². The Hall–Kier alpha value is -1.17. The van der Waals surface area contributed by atoms with E-state index in [0.717, 1.165) is 12.0 Å². The number of halogens is 1. The summed E-state index contributed by atoms with van der Waals surface area (Å²) in [7, 11) is 0. The van der Waals surface area contributed by atoms with Crippen molar-refractivity contribution in [2.75, 3.05) is 0 Å². The van der Waals surface area contributed by atoms with Crippen molar-refractivity contribution in [3.8, 4) is 0 Å². The minimum Gasteiger partial charge on any atom is -0.387 e. The minimum atomic E-state index is -0.917. The first-order chi connectivity index (χ1) is 10.2. The molecule has 0 amide bonds. The Morgan fingerprint density at radius 1 is 1.36 bits per heavy atom. The van der Waals surface area contributed by atoms with E-state index in [1.165, 1.54) is 0 Å². The summed E-state index contributed by atoms with van der Waals surface area (Å²) in [5.74, 6) is 0. The van der Waals surface area contributed by atoms with Crippen LogP contribution in [0.2, 0.25) is 5.02 Å². The van der Waals surface area contributed by atoms with Gasteiger partial charge in [0.05, 0.1) is 12.1 Å². The fourth-order valence-electron chi connectivity index (χ4n) is 2.39. The van der Waals surface area contributed by atoms with Crippen LogP contribution >= 0.6 is 23.8 Å². The van der Waals surface area contributed by atoms with E-state index in [0.29, 0.717) is 22.8 Å². The van der Waals surface area contributed by atoms with Gasteiger partial charge in [0.2, 0.25) is 4.77 Å². The maximum absolute atomic E-state index is 11.2. The zero-order valence-electron chi connectivity index (χ0n) is 13.1. The molecule has 0 aliphatic heterocycles. The molecule has 0 fully saturated rings. The van der Waals surface area contributed by atoms with Crippen LogP contribution in [0, 0.1) is 10.2 Å². The van der Waals surface area contributed by atoms with Gasteiger partial charge in [0.25, 0.3) is 0 Å². The van der Waals surface area contributed by atoms with Gasteiger partial charge in [0, 0.05) is 5.02 Å².